The van der Waals surface area contributed by atoms with Crippen LogP contribution in [0.15, 0.2) is 0 Å². The van der Waals surface area contributed by atoms with Crippen molar-refractivity contribution in [2.45, 2.75) is 40.0 Å². The number of aliphatic hydroxyl groups is 1. The van der Waals surface area contributed by atoms with Gasteiger partial charge >= 0.3 is 17.9 Å². The summed E-state index contributed by atoms with van der Waals surface area (Å²) in [7, 11) is 1.00. The molecule has 0 aliphatic carbocycles. The third-order valence-corrected chi connectivity index (χ3v) is 0.907. The van der Waals surface area contributed by atoms with Crippen LogP contribution in [0.2, 0.25) is 0 Å². The van der Waals surface area contributed by atoms with E-state index in [9.17, 15) is 14.4 Å². The van der Waals surface area contributed by atoms with Crippen molar-refractivity contribution in [3.8, 4) is 0 Å². The molecule has 0 saturated carbocycles. The molecule has 0 unspecified atom stereocenters. The largest absolute Gasteiger partial charge is 0.481 e. The van der Waals surface area contributed by atoms with Crippen molar-refractivity contribution in [3.63, 3.8) is 0 Å². The molecular formula is C10H22O7Ti. The molecule has 0 aliphatic heterocycles. The zero-order valence-corrected chi connectivity index (χ0v) is 12.7. The number of carboxylic acid groups (broad SMARTS) is 3. The fourth-order valence-electron chi connectivity index (χ4n) is 0. The van der Waals surface area contributed by atoms with Crippen molar-refractivity contribution >= 4 is 17.9 Å². The van der Waals surface area contributed by atoms with Crippen LogP contribution in [-0.4, -0.2) is 45.4 Å². The van der Waals surface area contributed by atoms with Crippen LogP contribution in [0.25, 0.3) is 0 Å². The van der Waals surface area contributed by atoms with Gasteiger partial charge in [0.25, 0.3) is 0 Å². The standard InChI is InChI=1S/3C3H6O2.CH4O.Ti/c3*1-2-3(4)5;1-2;/h3*2H2,1H3,(H,4,5);2H,1H3;. The van der Waals surface area contributed by atoms with Crippen LogP contribution in [-0.2, 0) is 36.1 Å². The summed E-state index contributed by atoms with van der Waals surface area (Å²) in [4.78, 5) is 28.1. The van der Waals surface area contributed by atoms with E-state index in [0.717, 1.165) is 7.11 Å². The van der Waals surface area contributed by atoms with E-state index in [-0.39, 0.29) is 41.0 Å². The zero-order valence-electron chi connectivity index (χ0n) is 11.1. The van der Waals surface area contributed by atoms with Gasteiger partial charge in [-0.05, 0) is 0 Å². The molecule has 0 bridgehead atoms. The maximum absolute atomic E-state index is 9.37. The van der Waals surface area contributed by atoms with E-state index in [0.29, 0.717) is 0 Å². The van der Waals surface area contributed by atoms with Gasteiger partial charge in [-0.25, -0.2) is 0 Å². The number of carbonyl (C=O) groups is 3. The molecule has 0 radical (unpaired) electrons. The number of hydrogen-bond donors (Lipinski definition) is 4. The van der Waals surface area contributed by atoms with Gasteiger partial charge in [0.15, 0.2) is 0 Å². The van der Waals surface area contributed by atoms with Gasteiger partial charge in [0, 0.05) is 48.1 Å². The molecule has 108 valence electrons. The molecule has 18 heavy (non-hydrogen) atoms. The minimum atomic E-state index is -0.745. The van der Waals surface area contributed by atoms with Crippen LogP contribution in [0.3, 0.4) is 0 Å². The summed E-state index contributed by atoms with van der Waals surface area (Å²) >= 11 is 0. The van der Waals surface area contributed by atoms with E-state index >= 15 is 0 Å². The Morgan fingerprint density at radius 3 is 0.722 bits per heavy atom. The third-order valence-electron chi connectivity index (χ3n) is 0.907. The molecule has 0 aromatic rings. The SMILES string of the molecule is CCC(=O)O.CCC(=O)O.CCC(=O)O.CO.[Ti]. The van der Waals surface area contributed by atoms with Crippen LogP contribution in [0.5, 0.6) is 0 Å². The van der Waals surface area contributed by atoms with Crippen molar-refractivity contribution in [2.75, 3.05) is 7.11 Å². The Bertz CT molecular complexity index is 161. The average molecular weight is 302 g/mol. The van der Waals surface area contributed by atoms with E-state index in [1.807, 2.05) is 0 Å². The summed E-state index contributed by atoms with van der Waals surface area (Å²) < 4.78 is 0. The molecular weight excluding hydrogens is 280 g/mol. The van der Waals surface area contributed by atoms with Gasteiger partial charge in [0.1, 0.15) is 0 Å². The topological polar surface area (TPSA) is 132 Å². The Kier molecular flexibility index (Phi) is 50.1. The second-order valence-electron chi connectivity index (χ2n) is 2.24. The van der Waals surface area contributed by atoms with Crippen LogP contribution < -0.4 is 0 Å². The van der Waals surface area contributed by atoms with E-state index in [1.54, 1.807) is 20.8 Å². The first kappa shape index (κ1) is 30.3. The second kappa shape index (κ2) is 29.8. The Balaban J connectivity index is -0.0000000427. The van der Waals surface area contributed by atoms with Crippen LogP contribution >= 0.6 is 0 Å². The van der Waals surface area contributed by atoms with E-state index < -0.39 is 17.9 Å². The van der Waals surface area contributed by atoms with Crippen molar-refractivity contribution < 1.29 is 56.5 Å². The van der Waals surface area contributed by atoms with Crippen molar-refractivity contribution in [1.82, 2.24) is 0 Å². The molecule has 0 aromatic heterocycles. The van der Waals surface area contributed by atoms with Gasteiger partial charge in [0.2, 0.25) is 0 Å². The van der Waals surface area contributed by atoms with E-state index in [4.69, 9.17) is 20.4 Å². The summed E-state index contributed by atoms with van der Waals surface area (Å²) in [6.07, 6.45) is 0.667. The van der Waals surface area contributed by atoms with Gasteiger partial charge in [-0.3, -0.25) is 14.4 Å². The summed E-state index contributed by atoms with van der Waals surface area (Å²) in [5, 5.41) is 30.2. The van der Waals surface area contributed by atoms with Crippen molar-refractivity contribution in [1.29, 1.82) is 0 Å². The Morgan fingerprint density at radius 1 is 0.667 bits per heavy atom. The molecule has 0 spiro atoms. The summed E-state index contributed by atoms with van der Waals surface area (Å²) in [5.74, 6) is -2.24. The molecule has 0 fully saturated rings. The number of aliphatic carboxylic acids is 3. The minimum Gasteiger partial charge on any atom is -0.481 e. The van der Waals surface area contributed by atoms with Gasteiger partial charge in [-0.1, -0.05) is 20.8 Å². The van der Waals surface area contributed by atoms with E-state index in [2.05, 4.69) is 0 Å². The zero-order chi connectivity index (χ0) is 14.9. The molecule has 4 N–H and O–H groups in total. The quantitative estimate of drug-likeness (QED) is 0.573. The first-order valence-electron chi connectivity index (χ1n) is 4.91. The predicted molar refractivity (Wildman–Crippen MR) is 61.9 cm³/mol. The Labute approximate surface area is 122 Å². The van der Waals surface area contributed by atoms with Crippen molar-refractivity contribution in [2.24, 2.45) is 0 Å². The molecule has 0 aromatic carbocycles. The van der Waals surface area contributed by atoms with Crippen LogP contribution in [0, 0.1) is 0 Å². The monoisotopic (exact) mass is 302 g/mol. The summed E-state index contributed by atoms with van der Waals surface area (Å²) in [5.41, 5.74) is 0. The average Bonchev–Trinajstić information content (AvgIpc) is 2.32. The fraction of sp³-hybridized carbons (Fsp3) is 0.700. The van der Waals surface area contributed by atoms with Gasteiger partial charge in [0.05, 0.1) is 0 Å². The summed E-state index contributed by atoms with van der Waals surface area (Å²) in [6, 6.07) is 0. The molecule has 7 nitrogen and oxygen atoms in total. The first-order valence-corrected chi connectivity index (χ1v) is 4.91. The molecule has 0 atom stereocenters. The normalized spacial score (nSPS) is 6.50. The van der Waals surface area contributed by atoms with Gasteiger partial charge in [-0.15, -0.1) is 0 Å². The molecule has 0 aliphatic rings. The first-order chi connectivity index (χ1) is 7.81. The van der Waals surface area contributed by atoms with Gasteiger partial charge < -0.3 is 20.4 Å². The third kappa shape index (κ3) is 116. The Morgan fingerprint density at radius 2 is 0.722 bits per heavy atom. The number of rotatable bonds is 3. The fourth-order valence-corrected chi connectivity index (χ4v) is 0. The van der Waals surface area contributed by atoms with E-state index in [1.165, 1.54) is 0 Å². The maximum Gasteiger partial charge on any atom is 0.303 e. The molecule has 8 heteroatoms. The number of hydrogen-bond acceptors (Lipinski definition) is 4. The van der Waals surface area contributed by atoms with Gasteiger partial charge in [-0.2, -0.15) is 0 Å². The Hall–Kier alpha value is -0.916. The molecule has 0 saturated heterocycles. The smallest absolute Gasteiger partial charge is 0.303 e. The molecule has 0 amide bonds. The minimum absolute atomic E-state index is 0. The number of carboxylic acids is 3. The molecule has 0 heterocycles. The van der Waals surface area contributed by atoms with Crippen LogP contribution in [0.4, 0.5) is 0 Å². The molecule has 0 rings (SSSR count). The van der Waals surface area contributed by atoms with Crippen LogP contribution in [0.1, 0.15) is 40.0 Å². The maximum atomic E-state index is 9.37. The predicted octanol–water partition coefficient (Wildman–Crippen LogP) is 1.05. The number of aliphatic hydroxyl groups excluding tert-OH is 1. The summed E-state index contributed by atoms with van der Waals surface area (Å²) in [6.45, 7) is 4.80. The van der Waals surface area contributed by atoms with Crippen molar-refractivity contribution in [3.05, 3.63) is 0 Å². The second-order valence-corrected chi connectivity index (χ2v) is 2.24.